The lowest BCUT2D eigenvalue weighted by Gasteiger charge is -2.21. The SMILES string of the molecule is CC(C)[C@@H](NC(=O)OCc1ccccc1)C(=O)NCc1cccnc1. The highest BCUT2D eigenvalue weighted by Crippen LogP contribution is 2.05. The van der Waals surface area contributed by atoms with Gasteiger partial charge in [-0.2, -0.15) is 0 Å². The number of benzene rings is 1. The van der Waals surface area contributed by atoms with E-state index in [1.54, 1.807) is 18.5 Å². The average Bonchev–Trinajstić information content (AvgIpc) is 2.64. The second kappa shape index (κ2) is 9.42. The molecule has 0 aliphatic rings. The van der Waals surface area contributed by atoms with Crippen LogP contribution in [-0.4, -0.2) is 23.0 Å². The molecule has 0 radical (unpaired) electrons. The van der Waals surface area contributed by atoms with Gasteiger partial charge in [0.05, 0.1) is 0 Å². The number of rotatable bonds is 7. The summed E-state index contributed by atoms with van der Waals surface area (Å²) >= 11 is 0. The Hall–Kier alpha value is -2.89. The predicted molar refractivity (Wildman–Crippen MR) is 94.5 cm³/mol. The number of nitrogens with one attached hydrogen (secondary N) is 2. The Kier molecular flexibility index (Phi) is 6.95. The molecular formula is C19H23N3O3. The number of amides is 2. The van der Waals surface area contributed by atoms with Crippen molar-refractivity contribution in [2.75, 3.05) is 0 Å². The summed E-state index contributed by atoms with van der Waals surface area (Å²) in [5, 5.41) is 5.44. The lowest BCUT2D eigenvalue weighted by Crippen LogP contribution is -2.49. The molecule has 0 spiro atoms. The van der Waals surface area contributed by atoms with Gasteiger partial charge in [-0.05, 0) is 23.1 Å². The van der Waals surface area contributed by atoms with Crippen molar-refractivity contribution in [2.45, 2.75) is 33.0 Å². The van der Waals surface area contributed by atoms with Gasteiger partial charge in [-0.1, -0.05) is 50.2 Å². The quantitative estimate of drug-likeness (QED) is 0.811. The number of nitrogens with zero attached hydrogens (tertiary/aromatic N) is 1. The van der Waals surface area contributed by atoms with Crippen molar-refractivity contribution in [2.24, 2.45) is 5.92 Å². The Morgan fingerprint density at radius 3 is 2.44 bits per heavy atom. The summed E-state index contributed by atoms with van der Waals surface area (Å²) in [7, 11) is 0. The van der Waals surface area contributed by atoms with E-state index in [9.17, 15) is 9.59 Å². The maximum atomic E-state index is 12.4. The Labute approximate surface area is 147 Å². The molecule has 25 heavy (non-hydrogen) atoms. The molecule has 1 atom stereocenters. The van der Waals surface area contributed by atoms with E-state index >= 15 is 0 Å². The summed E-state index contributed by atoms with van der Waals surface area (Å²) in [6.07, 6.45) is 2.75. The molecule has 0 fully saturated rings. The van der Waals surface area contributed by atoms with Gasteiger partial charge in [0.1, 0.15) is 12.6 Å². The van der Waals surface area contributed by atoms with E-state index in [0.29, 0.717) is 6.54 Å². The second-order valence-electron chi connectivity index (χ2n) is 6.01. The highest BCUT2D eigenvalue weighted by molar-refractivity contribution is 5.85. The molecule has 2 N–H and O–H groups in total. The van der Waals surface area contributed by atoms with Crippen LogP contribution in [0.25, 0.3) is 0 Å². The fourth-order valence-electron chi connectivity index (χ4n) is 2.23. The number of carbonyl (C=O) groups is 2. The Balaban J connectivity index is 1.84. The van der Waals surface area contributed by atoms with Gasteiger partial charge in [-0.25, -0.2) is 4.79 Å². The van der Waals surface area contributed by atoms with Gasteiger partial charge in [0.15, 0.2) is 0 Å². The van der Waals surface area contributed by atoms with Crippen LogP contribution in [0.15, 0.2) is 54.9 Å². The number of carbonyl (C=O) groups excluding carboxylic acids is 2. The first-order valence-corrected chi connectivity index (χ1v) is 8.20. The monoisotopic (exact) mass is 341 g/mol. The van der Waals surface area contributed by atoms with Crippen LogP contribution in [-0.2, 0) is 22.7 Å². The van der Waals surface area contributed by atoms with Crippen LogP contribution in [0, 0.1) is 5.92 Å². The summed E-state index contributed by atoms with van der Waals surface area (Å²) in [5.41, 5.74) is 1.78. The smallest absolute Gasteiger partial charge is 0.408 e. The van der Waals surface area contributed by atoms with Crippen molar-refractivity contribution in [3.8, 4) is 0 Å². The molecule has 0 saturated carbocycles. The molecule has 2 rings (SSSR count). The van der Waals surface area contributed by atoms with Crippen LogP contribution < -0.4 is 10.6 Å². The predicted octanol–water partition coefficient (Wildman–Crippen LogP) is 2.65. The standard InChI is InChI=1S/C19H23N3O3/c1-14(2)17(18(23)21-12-16-9-6-10-20-11-16)22-19(24)25-13-15-7-4-3-5-8-15/h3-11,14,17H,12-13H2,1-2H3,(H,21,23)(H,22,24)/t17-/m1/s1. The van der Waals surface area contributed by atoms with Crippen molar-refractivity contribution in [3.05, 3.63) is 66.0 Å². The minimum Gasteiger partial charge on any atom is -0.445 e. The maximum absolute atomic E-state index is 12.4. The fraction of sp³-hybridized carbons (Fsp3) is 0.316. The summed E-state index contributed by atoms with van der Waals surface area (Å²) in [6.45, 7) is 4.25. The van der Waals surface area contributed by atoms with Gasteiger partial charge in [0.2, 0.25) is 5.91 Å². The van der Waals surface area contributed by atoms with Crippen LogP contribution in [0.4, 0.5) is 4.79 Å². The van der Waals surface area contributed by atoms with E-state index < -0.39 is 12.1 Å². The van der Waals surface area contributed by atoms with Crippen molar-refractivity contribution >= 4 is 12.0 Å². The summed E-state index contributed by atoms with van der Waals surface area (Å²) < 4.78 is 5.18. The Bertz CT molecular complexity index is 675. The molecule has 0 unspecified atom stereocenters. The normalized spacial score (nSPS) is 11.6. The lowest BCUT2D eigenvalue weighted by atomic mass is 10.0. The van der Waals surface area contributed by atoms with Gasteiger partial charge >= 0.3 is 6.09 Å². The number of hydrogen-bond donors (Lipinski definition) is 2. The molecule has 0 saturated heterocycles. The summed E-state index contributed by atoms with van der Waals surface area (Å²) in [6, 6.07) is 12.4. The van der Waals surface area contributed by atoms with E-state index in [1.165, 1.54) is 0 Å². The van der Waals surface area contributed by atoms with Gasteiger partial charge in [-0.15, -0.1) is 0 Å². The number of alkyl carbamates (subject to hydrolysis) is 1. The molecule has 0 aliphatic heterocycles. The van der Waals surface area contributed by atoms with Crippen LogP contribution >= 0.6 is 0 Å². The maximum Gasteiger partial charge on any atom is 0.408 e. The second-order valence-corrected chi connectivity index (χ2v) is 6.01. The number of ether oxygens (including phenoxy) is 1. The highest BCUT2D eigenvalue weighted by atomic mass is 16.5. The molecule has 6 nitrogen and oxygen atoms in total. The minimum atomic E-state index is -0.667. The van der Waals surface area contributed by atoms with Crippen molar-refractivity contribution in [1.82, 2.24) is 15.6 Å². The highest BCUT2D eigenvalue weighted by Gasteiger charge is 2.24. The zero-order valence-electron chi connectivity index (χ0n) is 14.4. The van der Waals surface area contributed by atoms with E-state index in [4.69, 9.17) is 4.74 Å². The van der Waals surface area contributed by atoms with E-state index in [-0.39, 0.29) is 18.4 Å². The zero-order chi connectivity index (χ0) is 18.1. The molecule has 0 aliphatic carbocycles. The van der Waals surface area contributed by atoms with Crippen LogP contribution in [0.2, 0.25) is 0 Å². The largest absolute Gasteiger partial charge is 0.445 e. The molecule has 132 valence electrons. The third kappa shape index (κ3) is 6.25. The van der Waals surface area contributed by atoms with Gasteiger partial charge in [0.25, 0.3) is 0 Å². The first-order chi connectivity index (χ1) is 12.1. The molecule has 0 bridgehead atoms. The molecular weight excluding hydrogens is 318 g/mol. The zero-order valence-corrected chi connectivity index (χ0v) is 14.4. The van der Waals surface area contributed by atoms with Crippen molar-refractivity contribution in [1.29, 1.82) is 0 Å². The number of pyridine rings is 1. The fourth-order valence-corrected chi connectivity index (χ4v) is 2.23. The molecule has 1 aromatic carbocycles. The van der Waals surface area contributed by atoms with Crippen molar-refractivity contribution < 1.29 is 14.3 Å². The summed E-state index contributed by atoms with van der Waals surface area (Å²) in [4.78, 5) is 28.4. The molecule has 2 amide bonds. The molecule has 6 heteroatoms. The lowest BCUT2D eigenvalue weighted by molar-refractivity contribution is -0.124. The van der Waals surface area contributed by atoms with Crippen molar-refractivity contribution in [3.63, 3.8) is 0 Å². The first-order valence-electron chi connectivity index (χ1n) is 8.20. The number of hydrogen-bond acceptors (Lipinski definition) is 4. The van der Waals surface area contributed by atoms with E-state index in [0.717, 1.165) is 11.1 Å². The summed E-state index contributed by atoms with van der Waals surface area (Å²) in [5.74, 6) is -0.325. The van der Waals surface area contributed by atoms with Crippen LogP contribution in [0.3, 0.4) is 0 Å². The van der Waals surface area contributed by atoms with Crippen LogP contribution in [0.5, 0.6) is 0 Å². The third-order valence-corrected chi connectivity index (χ3v) is 3.62. The van der Waals surface area contributed by atoms with E-state index in [2.05, 4.69) is 15.6 Å². The van der Waals surface area contributed by atoms with Gasteiger partial charge in [-0.3, -0.25) is 9.78 Å². The van der Waals surface area contributed by atoms with Gasteiger partial charge < -0.3 is 15.4 Å². The third-order valence-electron chi connectivity index (χ3n) is 3.62. The van der Waals surface area contributed by atoms with Crippen LogP contribution in [0.1, 0.15) is 25.0 Å². The average molecular weight is 341 g/mol. The first kappa shape index (κ1) is 18.4. The minimum absolute atomic E-state index is 0.0711. The van der Waals surface area contributed by atoms with E-state index in [1.807, 2.05) is 50.2 Å². The topological polar surface area (TPSA) is 80.3 Å². The molecule has 2 aromatic rings. The molecule has 1 heterocycles. The van der Waals surface area contributed by atoms with Gasteiger partial charge in [0, 0.05) is 18.9 Å². The number of aromatic nitrogens is 1. The Morgan fingerprint density at radius 2 is 1.80 bits per heavy atom. The molecule has 1 aromatic heterocycles. The Morgan fingerprint density at radius 1 is 1.08 bits per heavy atom.